The molecule has 24 heavy (non-hydrogen) atoms. The first kappa shape index (κ1) is 16.6. The monoisotopic (exact) mass is 347 g/mol. The number of benzene rings is 1. The van der Waals surface area contributed by atoms with Crippen LogP contribution in [0.2, 0.25) is 0 Å². The fourth-order valence-corrected chi connectivity index (χ4v) is 3.44. The molecule has 6 nitrogen and oxygen atoms in total. The van der Waals surface area contributed by atoms with E-state index in [1.165, 1.54) is 5.56 Å². The molecular weight excluding hydrogens is 326 g/mol. The Labute approximate surface area is 145 Å². The third kappa shape index (κ3) is 3.62. The number of hydrogen-bond acceptors (Lipinski definition) is 5. The van der Waals surface area contributed by atoms with E-state index >= 15 is 0 Å². The van der Waals surface area contributed by atoms with Crippen molar-refractivity contribution in [3.05, 3.63) is 39.8 Å². The number of carbonyl (C=O) groups excluding carboxylic acids is 1. The molecule has 2 aromatic rings. The van der Waals surface area contributed by atoms with E-state index in [0.29, 0.717) is 25.4 Å². The van der Waals surface area contributed by atoms with Gasteiger partial charge in [0.2, 0.25) is 0 Å². The van der Waals surface area contributed by atoms with Crippen LogP contribution < -0.4 is 14.8 Å². The van der Waals surface area contributed by atoms with Crippen molar-refractivity contribution in [3.63, 3.8) is 0 Å². The smallest absolute Gasteiger partial charge is 0.317 e. The highest BCUT2D eigenvalue weighted by atomic mass is 32.1. The number of methoxy groups -OCH3 is 2. The maximum absolute atomic E-state index is 12.4. The Morgan fingerprint density at radius 3 is 2.71 bits per heavy atom. The number of ether oxygens (including phenoxy) is 2. The van der Waals surface area contributed by atoms with Crippen LogP contribution in [0.3, 0.4) is 0 Å². The van der Waals surface area contributed by atoms with E-state index in [9.17, 15) is 4.79 Å². The highest BCUT2D eigenvalue weighted by Crippen LogP contribution is 2.33. The molecule has 0 atom stereocenters. The van der Waals surface area contributed by atoms with Crippen LogP contribution in [0.1, 0.15) is 16.1 Å². The topological polar surface area (TPSA) is 63.7 Å². The van der Waals surface area contributed by atoms with Gasteiger partial charge in [-0.15, -0.1) is 11.3 Å². The normalized spacial score (nSPS) is 13.3. The van der Waals surface area contributed by atoms with E-state index in [-0.39, 0.29) is 6.03 Å². The number of rotatable bonds is 5. The van der Waals surface area contributed by atoms with E-state index in [2.05, 4.69) is 10.3 Å². The van der Waals surface area contributed by atoms with Crippen LogP contribution in [0.5, 0.6) is 11.5 Å². The van der Waals surface area contributed by atoms with E-state index < -0.39 is 0 Å². The van der Waals surface area contributed by atoms with Gasteiger partial charge in [-0.3, -0.25) is 0 Å². The third-order valence-corrected chi connectivity index (χ3v) is 4.94. The Balaban J connectivity index is 1.60. The van der Waals surface area contributed by atoms with Crippen molar-refractivity contribution in [2.75, 3.05) is 27.3 Å². The second kappa shape index (κ2) is 7.53. The second-order valence-electron chi connectivity index (χ2n) is 5.56. The lowest BCUT2D eigenvalue weighted by molar-refractivity contribution is 0.192. The molecule has 0 radical (unpaired) electrons. The van der Waals surface area contributed by atoms with E-state index in [1.54, 1.807) is 31.8 Å². The molecule has 7 heteroatoms. The number of aromatic nitrogens is 1. The average molecular weight is 347 g/mol. The number of amides is 2. The molecule has 1 aromatic heterocycles. The maximum atomic E-state index is 12.4. The summed E-state index contributed by atoms with van der Waals surface area (Å²) in [5.41, 5.74) is 2.31. The minimum atomic E-state index is -0.0352. The maximum Gasteiger partial charge on any atom is 0.317 e. The summed E-state index contributed by atoms with van der Waals surface area (Å²) < 4.78 is 10.7. The lowest BCUT2D eigenvalue weighted by Gasteiger charge is -2.29. The first-order chi connectivity index (χ1) is 11.7. The summed E-state index contributed by atoms with van der Waals surface area (Å²) in [6.07, 6.45) is 3.36. The number of hydrogen-bond donors (Lipinski definition) is 1. The summed E-state index contributed by atoms with van der Waals surface area (Å²) in [4.78, 5) is 18.4. The van der Waals surface area contributed by atoms with Gasteiger partial charge in [0.05, 0.1) is 19.2 Å². The van der Waals surface area contributed by atoms with E-state index in [1.807, 2.05) is 22.4 Å². The lowest BCUT2D eigenvalue weighted by atomic mass is 9.99. The van der Waals surface area contributed by atoms with Crippen LogP contribution in [0.4, 0.5) is 4.79 Å². The van der Waals surface area contributed by atoms with Crippen LogP contribution in [0.15, 0.2) is 23.7 Å². The highest BCUT2D eigenvalue weighted by Gasteiger charge is 2.22. The van der Waals surface area contributed by atoms with Crippen LogP contribution in [0, 0.1) is 0 Å². The SMILES string of the molecule is COc1cc2c(cc1OC)CN(C(=O)NCCc1nccs1)CC2. The molecule has 0 saturated heterocycles. The third-order valence-electron chi connectivity index (χ3n) is 4.10. The Kier molecular flexibility index (Phi) is 5.20. The number of fused-ring (bicyclic) bond motifs is 1. The zero-order chi connectivity index (χ0) is 16.9. The molecule has 0 unspecified atom stereocenters. The fraction of sp³-hybridized carbons (Fsp3) is 0.412. The molecule has 2 heterocycles. The largest absolute Gasteiger partial charge is 0.493 e. The molecule has 0 saturated carbocycles. The molecule has 0 fully saturated rings. The number of nitrogens with zero attached hydrogens (tertiary/aromatic N) is 2. The molecule has 128 valence electrons. The molecule has 1 aromatic carbocycles. The number of nitrogens with one attached hydrogen (secondary N) is 1. The van der Waals surface area contributed by atoms with Gasteiger partial charge in [0.1, 0.15) is 0 Å². The number of carbonyl (C=O) groups is 1. The highest BCUT2D eigenvalue weighted by molar-refractivity contribution is 7.09. The first-order valence-electron chi connectivity index (χ1n) is 7.86. The van der Waals surface area contributed by atoms with Gasteiger partial charge in [-0.1, -0.05) is 0 Å². The van der Waals surface area contributed by atoms with Gasteiger partial charge in [-0.25, -0.2) is 9.78 Å². The Morgan fingerprint density at radius 1 is 1.29 bits per heavy atom. The molecule has 0 aliphatic carbocycles. The molecular formula is C17H21N3O3S. The van der Waals surface area contributed by atoms with Gasteiger partial charge in [0.15, 0.2) is 11.5 Å². The molecule has 1 aliphatic rings. The van der Waals surface area contributed by atoms with Crippen molar-refractivity contribution in [2.24, 2.45) is 0 Å². The first-order valence-corrected chi connectivity index (χ1v) is 8.74. The van der Waals surface area contributed by atoms with Crippen molar-refractivity contribution < 1.29 is 14.3 Å². The summed E-state index contributed by atoms with van der Waals surface area (Å²) in [5, 5.41) is 5.95. The lowest BCUT2D eigenvalue weighted by Crippen LogP contribution is -2.43. The Morgan fingerprint density at radius 2 is 2.04 bits per heavy atom. The molecule has 1 N–H and O–H groups in total. The van der Waals surface area contributed by atoms with Gasteiger partial charge < -0.3 is 19.7 Å². The molecule has 1 aliphatic heterocycles. The summed E-state index contributed by atoms with van der Waals surface area (Å²) in [7, 11) is 3.26. The minimum Gasteiger partial charge on any atom is -0.493 e. The summed E-state index contributed by atoms with van der Waals surface area (Å²) in [6.45, 7) is 1.88. The van der Waals surface area contributed by atoms with Gasteiger partial charge in [0, 0.05) is 37.6 Å². The summed E-state index contributed by atoms with van der Waals surface area (Å²) >= 11 is 1.61. The van der Waals surface area contributed by atoms with Crippen LogP contribution in [0.25, 0.3) is 0 Å². The molecule has 0 spiro atoms. The van der Waals surface area contributed by atoms with Crippen LogP contribution in [-0.4, -0.2) is 43.2 Å². The van der Waals surface area contributed by atoms with Crippen molar-refractivity contribution in [3.8, 4) is 11.5 Å². The van der Waals surface area contributed by atoms with Gasteiger partial charge >= 0.3 is 6.03 Å². The quantitative estimate of drug-likeness (QED) is 0.902. The number of thiazole rings is 1. The Hall–Kier alpha value is -2.28. The van der Waals surface area contributed by atoms with Gasteiger partial charge in [-0.05, 0) is 29.7 Å². The van der Waals surface area contributed by atoms with Crippen LogP contribution >= 0.6 is 11.3 Å². The molecule has 0 bridgehead atoms. The second-order valence-corrected chi connectivity index (χ2v) is 6.53. The van der Waals surface area contributed by atoms with Gasteiger partial charge in [-0.2, -0.15) is 0 Å². The Bertz CT molecular complexity index is 703. The average Bonchev–Trinajstić information content (AvgIpc) is 3.13. The fourth-order valence-electron chi connectivity index (χ4n) is 2.82. The van der Waals surface area contributed by atoms with Crippen molar-refractivity contribution in [2.45, 2.75) is 19.4 Å². The van der Waals surface area contributed by atoms with E-state index in [0.717, 1.165) is 29.2 Å². The zero-order valence-corrected chi connectivity index (χ0v) is 14.7. The predicted octanol–water partition coefficient (Wildman–Crippen LogP) is 2.47. The number of urea groups is 1. The minimum absolute atomic E-state index is 0.0352. The van der Waals surface area contributed by atoms with E-state index in [4.69, 9.17) is 9.47 Å². The summed E-state index contributed by atoms with van der Waals surface area (Å²) in [5.74, 6) is 1.43. The van der Waals surface area contributed by atoms with Crippen molar-refractivity contribution in [1.82, 2.24) is 15.2 Å². The predicted molar refractivity (Wildman–Crippen MR) is 92.9 cm³/mol. The summed E-state index contributed by atoms with van der Waals surface area (Å²) in [6, 6.07) is 3.93. The standard InChI is InChI=1S/C17H21N3O3S/c1-22-14-9-12-4-7-20(11-13(12)10-15(14)23-2)17(21)19-5-3-16-18-6-8-24-16/h6,8-10H,3-5,7,11H2,1-2H3,(H,19,21). The van der Waals surface area contributed by atoms with Crippen molar-refractivity contribution >= 4 is 17.4 Å². The van der Waals surface area contributed by atoms with Crippen molar-refractivity contribution in [1.29, 1.82) is 0 Å². The van der Waals surface area contributed by atoms with Gasteiger partial charge in [0.25, 0.3) is 0 Å². The molecule has 2 amide bonds. The van der Waals surface area contributed by atoms with Crippen LogP contribution in [-0.2, 0) is 19.4 Å². The zero-order valence-electron chi connectivity index (χ0n) is 13.9. The molecule has 3 rings (SSSR count).